The Morgan fingerprint density at radius 2 is 1.86 bits per heavy atom. The third kappa shape index (κ3) is 5.65. The van der Waals surface area contributed by atoms with Gasteiger partial charge in [0.15, 0.2) is 0 Å². The summed E-state index contributed by atoms with van der Waals surface area (Å²) >= 11 is 0. The first kappa shape index (κ1) is 24.6. The number of methoxy groups -OCH3 is 1. The maximum absolute atomic E-state index is 13.3. The number of nitrogens with zero attached hydrogens (tertiary/aromatic N) is 4. The van der Waals surface area contributed by atoms with Crippen molar-refractivity contribution in [1.29, 1.82) is 0 Å². The molecule has 0 bridgehead atoms. The molecule has 3 aliphatic heterocycles. The molecule has 2 fully saturated rings. The van der Waals surface area contributed by atoms with E-state index in [9.17, 15) is 9.59 Å². The van der Waals surface area contributed by atoms with Crippen molar-refractivity contribution in [1.82, 2.24) is 14.7 Å². The quantitative estimate of drug-likeness (QED) is 0.591. The Kier molecular flexibility index (Phi) is 7.72. The molecule has 1 unspecified atom stereocenters. The number of ether oxygens (including phenoxy) is 2. The van der Waals surface area contributed by atoms with Crippen molar-refractivity contribution >= 4 is 17.5 Å². The van der Waals surface area contributed by atoms with Crippen LogP contribution >= 0.6 is 0 Å². The van der Waals surface area contributed by atoms with Crippen molar-refractivity contribution in [2.24, 2.45) is 5.92 Å². The number of carbonyl (C=O) groups excluding carboxylic acids is 2. The number of carbonyl (C=O) groups is 2. The third-order valence-corrected chi connectivity index (χ3v) is 7.45. The monoisotopic (exact) mass is 492 g/mol. The molecule has 1 atom stereocenters. The number of hydrogen-bond acceptors (Lipinski definition) is 6. The van der Waals surface area contributed by atoms with E-state index < -0.39 is 0 Å². The van der Waals surface area contributed by atoms with Gasteiger partial charge in [0.25, 0.3) is 0 Å². The molecule has 192 valence electrons. The smallest absolute Gasteiger partial charge is 0.228 e. The second-order valence-corrected chi connectivity index (χ2v) is 9.88. The number of benzene rings is 2. The summed E-state index contributed by atoms with van der Waals surface area (Å²) in [5.41, 5.74) is 3.57. The average Bonchev–Trinajstić information content (AvgIpc) is 3.14. The Bertz CT molecular complexity index is 1050. The van der Waals surface area contributed by atoms with Crippen LogP contribution in [-0.2, 0) is 27.4 Å². The van der Waals surface area contributed by atoms with Gasteiger partial charge in [-0.3, -0.25) is 14.5 Å². The maximum Gasteiger partial charge on any atom is 0.228 e. The molecule has 2 aromatic rings. The van der Waals surface area contributed by atoms with Gasteiger partial charge in [-0.2, -0.15) is 0 Å². The van der Waals surface area contributed by atoms with Crippen molar-refractivity contribution in [3.8, 4) is 5.75 Å². The van der Waals surface area contributed by atoms with Crippen LogP contribution in [0.15, 0.2) is 48.5 Å². The van der Waals surface area contributed by atoms with E-state index >= 15 is 0 Å². The van der Waals surface area contributed by atoms with Crippen LogP contribution in [0.5, 0.6) is 5.75 Å². The lowest BCUT2D eigenvalue weighted by molar-refractivity contribution is -0.136. The first-order valence-corrected chi connectivity index (χ1v) is 12.9. The van der Waals surface area contributed by atoms with Gasteiger partial charge in [0.1, 0.15) is 12.4 Å². The van der Waals surface area contributed by atoms with E-state index in [0.717, 1.165) is 44.0 Å². The predicted octanol–water partition coefficient (Wildman–Crippen LogP) is 2.22. The number of amides is 2. The summed E-state index contributed by atoms with van der Waals surface area (Å²) in [7, 11) is 1.62. The average molecular weight is 493 g/mol. The number of anilines is 1. The molecule has 0 saturated carbocycles. The fourth-order valence-electron chi connectivity index (χ4n) is 5.41. The molecule has 0 radical (unpaired) electrons. The standard InChI is InChI=1S/C28H36N4O4/c1-35-15-13-31-21-24(18-27(31)33)28(34)32-14-16-36-26-8-7-22(17-23(26)20-32)19-29-9-11-30(12-10-29)25-5-3-2-4-6-25/h2-8,17,24H,9-16,18-21H2,1H3. The van der Waals surface area contributed by atoms with Gasteiger partial charge in [0, 0.05) is 77.1 Å². The minimum atomic E-state index is -0.292. The molecule has 2 saturated heterocycles. The van der Waals surface area contributed by atoms with Crippen LogP contribution in [0.1, 0.15) is 17.5 Å². The summed E-state index contributed by atoms with van der Waals surface area (Å²) in [4.78, 5) is 34.2. The van der Waals surface area contributed by atoms with Gasteiger partial charge in [0.2, 0.25) is 11.8 Å². The lowest BCUT2D eigenvalue weighted by atomic mass is 10.1. The largest absolute Gasteiger partial charge is 0.491 e. The Labute approximate surface area is 213 Å². The summed E-state index contributed by atoms with van der Waals surface area (Å²) in [5, 5.41) is 0. The molecule has 2 amide bonds. The predicted molar refractivity (Wildman–Crippen MR) is 138 cm³/mol. The highest BCUT2D eigenvalue weighted by atomic mass is 16.5. The van der Waals surface area contributed by atoms with Crippen molar-refractivity contribution in [3.05, 3.63) is 59.7 Å². The minimum absolute atomic E-state index is 0.0338. The van der Waals surface area contributed by atoms with Crippen LogP contribution in [0.25, 0.3) is 0 Å². The van der Waals surface area contributed by atoms with E-state index in [1.807, 2.05) is 11.0 Å². The summed E-state index contributed by atoms with van der Waals surface area (Å²) in [6, 6.07) is 17.0. The molecule has 8 heteroatoms. The second-order valence-electron chi connectivity index (χ2n) is 9.88. The number of para-hydroxylation sites is 1. The van der Waals surface area contributed by atoms with E-state index in [2.05, 4.69) is 52.3 Å². The van der Waals surface area contributed by atoms with Gasteiger partial charge >= 0.3 is 0 Å². The molecule has 0 N–H and O–H groups in total. The number of rotatable bonds is 7. The molecule has 8 nitrogen and oxygen atoms in total. The van der Waals surface area contributed by atoms with E-state index in [-0.39, 0.29) is 24.2 Å². The van der Waals surface area contributed by atoms with Crippen molar-refractivity contribution < 1.29 is 19.1 Å². The molecule has 36 heavy (non-hydrogen) atoms. The van der Waals surface area contributed by atoms with Gasteiger partial charge < -0.3 is 24.2 Å². The van der Waals surface area contributed by atoms with Crippen LogP contribution in [0.3, 0.4) is 0 Å². The first-order valence-electron chi connectivity index (χ1n) is 12.9. The van der Waals surface area contributed by atoms with Crippen LogP contribution < -0.4 is 9.64 Å². The van der Waals surface area contributed by atoms with E-state index in [1.165, 1.54) is 11.3 Å². The number of piperazine rings is 1. The lowest BCUT2D eigenvalue weighted by Crippen LogP contribution is -2.45. The Balaban J connectivity index is 1.19. The zero-order valence-electron chi connectivity index (χ0n) is 21.1. The molecule has 3 aliphatic rings. The summed E-state index contributed by atoms with van der Waals surface area (Å²) in [6.45, 7) is 7.97. The zero-order chi connectivity index (χ0) is 24.9. The number of hydrogen-bond donors (Lipinski definition) is 0. The molecule has 5 rings (SSSR count). The molecular formula is C28H36N4O4. The van der Waals surface area contributed by atoms with Crippen LogP contribution in [0, 0.1) is 5.92 Å². The highest BCUT2D eigenvalue weighted by molar-refractivity contribution is 5.89. The topological polar surface area (TPSA) is 65.6 Å². The van der Waals surface area contributed by atoms with Gasteiger partial charge in [-0.25, -0.2) is 0 Å². The first-order chi connectivity index (χ1) is 17.6. The van der Waals surface area contributed by atoms with Crippen molar-refractivity contribution in [2.45, 2.75) is 19.5 Å². The van der Waals surface area contributed by atoms with E-state index in [1.54, 1.807) is 12.0 Å². The highest BCUT2D eigenvalue weighted by Gasteiger charge is 2.37. The lowest BCUT2D eigenvalue weighted by Gasteiger charge is -2.36. The zero-order valence-corrected chi connectivity index (χ0v) is 21.1. The van der Waals surface area contributed by atoms with Crippen molar-refractivity contribution in [3.63, 3.8) is 0 Å². The molecule has 3 heterocycles. The molecule has 2 aromatic carbocycles. The van der Waals surface area contributed by atoms with Crippen molar-refractivity contribution in [2.75, 3.05) is 71.0 Å². The summed E-state index contributed by atoms with van der Waals surface area (Å²) in [5.74, 6) is 0.640. The van der Waals surface area contributed by atoms with Crippen LogP contribution in [-0.4, -0.2) is 92.7 Å². The Hall–Kier alpha value is -3.10. The number of likely N-dealkylation sites (tertiary alicyclic amines) is 1. The van der Waals surface area contributed by atoms with Gasteiger partial charge in [0.05, 0.1) is 19.1 Å². The summed E-state index contributed by atoms with van der Waals surface area (Å²) < 4.78 is 11.1. The fourth-order valence-corrected chi connectivity index (χ4v) is 5.41. The minimum Gasteiger partial charge on any atom is -0.491 e. The van der Waals surface area contributed by atoms with Gasteiger partial charge in [-0.15, -0.1) is 0 Å². The fraction of sp³-hybridized carbons (Fsp3) is 0.500. The molecular weight excluding hydrogens is 456 g/mol. The van der Waals surface area contributed by atoms with Crippen LogP contribution in [0.4, 0.5) is 5.69 Å². The molecule has 0 aliphatic carbocycles. The SMILES string of the molecule is COCCN1CC(C(=O)N2CCOc3ccc(CN4CCN(c5ccccc5)CC4)cc3C2)CC1=O. The van der Waals surface area contributed by atoms with Crippen LogP contribution in [0.2, 0.25) is 0 Å². The summed E-state index contributed by atoms with van der Waals surface area (Å²) in [6.07, 6.45) is 0.280. The second kappa shape index (κ2) is 11.3. The molecule has 0 aromatic heterocycles. The number of fused-ring (bicyclic) bond motifs is 1. The van der Waals surface area contributed by atoms with Gasteiger partial charge in [-0.05, 0) is 29.8 Å². The maximum atomic E-state index is 13.3. The highest BCUT2D eigenvalue weighted by Crippen LogP contribution is 2.28. The Morgan fingerprint density at radius 1 is 1.06 bits per heavy atom. The van der Waals surface area contributed by atoms with Gasteiger partial charge in [-0.1, -0.05) is 24.3 Å². The third-order valence-electron chi connectivity index (χ3n) is 7.45. The molecule has 0 spiro atoms. The van der Waals surface area contributed by atoms with E-state index in [0.29, 0.717) is 39.4 Å². The normalized spacial score (nSPS) is 20.8. The van der Waals surface area contributed by atoms with E-state index in [4.69, 9.17) is 9.47 Å². The Morgan fingerprint density at radius 3 is 2.64 bits per heavy atom.